The number of aromatic nitrogens is 1. The molecule has 20 heavy (non-hydrogen) atoms. The monoisotopic (exact) mass is 268 g/mol. The van der Waals surface area contributed by atoms with Crippen molar-refractivity contribution in [2.75, 3.05) is 5.32 Å². The fourth-order valence-electron chi connectivity index (χ4n) is 2.98. The number of fused-ring (bicyclic) bond motifs is 1. The Hall–Kier alpha value is -1.90. The van der Waals surface area contributed by atoms with Gasteiger partial charge in [-0.15, -0.1) is 0 Å². The Kier molecular flexibility index (Phi) is 3.95. The standard InChI is InChI=1S/C17H20N2O/c20-17(12-9-13-5-1-2-6-13)19-16-11-10-14-7-3-4-8-15(14)18-16/h3-4,7-8,10-11,13H,1-2,5-6,9,12H2,(H,18,19,20). The molecule has 0 saturated heterocycles. The molecule has 1 aromatic carbocycles. The van der Waals surface area contributed by atoms with Crippen LogP contribution >= 0.6 is 0 Å². The van der Waals surface area contributed by atoms with E-state index in [1.165, 1.54) is 25.7 Å². The van der Waals surface area contributed by atoms with Gasteiger partial charge in [-0.25, -0.2) is 4.98 Å². The summed E-state index contributed by atoms with van der Waals surface area (Å²) in [5.41, 5.74) is 0.918. The van der Waals surface area contributed by atoms with Gasteiger partial charge in [0.2, 0.25) is 5.91 Å². The number of hydrogen-bond acceptors (Lipinski definition) is 2. The largest absolute Gasteiger partial charge is 0.311 e. The number of nitrogens with one attached hydrogen (secondary N) is 1. The van der Waals surface area contributed by atoms with E-state index in [-0.39, 0.29) is 5.91 Å². The van der Waals surface area contributed by atoms with Crippen LogP contribution < -0.4 is 5.32 Å². The van der Waals surface area contributed by atoms with Crippen molar-refractivity contribution < 1.29 is 4.79 Å². The molecule has 1 fully saturated rings. The van der Waals surface area contributed by atoms with E-state index in [9.17, 15) is 4.79 Å². The minimum atomic E-state index is 0.0830. The average molecular weight is 268 g/mol. The molecule has 0 atom stereocenters. The molecule has 0 radical (unpaired) electrons. The number of nitrogens with zero attached hydrogens (tertiary/aromatic N) is 1. The molecule has 0 spiro atoms. The van der Waals surface area contributed by atoms with Crippen LogP contribution in [0, 0.1) is 5.92 Å². The SMILES string of the molecule is O=C(CCC1CCCC1)Nc1ccc2ccccc2n1. The average Bonchev–Trinajstić information content (AvgIpc) is 2.98. The molecular weight excluding hydrogens is 248 g/mol. The van der Waals surface area contributed by atoms with Gasteiger partial charge in [0, 0.05) is 11.8 Å². The van der Waals surface area contributed by atoms with E-state index in [4.69, 9.17) is 0 Å². The number of hydrogen-bond donors (Lipinski definition) is 1. The number of amides is 1. The number of carbonyl (C=O) groups is 1. The van der Waals surface area contributed by atoms with Crippen LogP contribution in [0.15, 0.2) is 36.4 Å². The summed E-state index contributed by atoms with van der Waals surface area (Å²) >= 11 is 0. The summed E-state index contributed by atoms with van der Waals surface area (Å²) in [6.45, 7) is 0. The van der Waals surface area contributed by atoms with E-state index in [2.05, 4.69) is 10.3 Å². The topological polar surface area (TPSA) is 42.0 Å². The minimum Gasteiger partial charge on any atom is -0.311 e. The third kappa shape index (κ3) is 3.16. The van der Waals surface area contributed by atoms with Crippen molar-refractivity contribution in [3.8, 4) is 0 Å². The lowest BCUT2D eigenvalue weighted by atomic mass is 10.0. The minimum absolute atomic E-state index is 0.0830. The first-order valence-corrected chi connectivity index (χ1v) is 7.47. The molecule has 3 heteroatoms. The van der Waals surface area contributed by atoms with Gasteiger partial charge in [0.25, 0.3) is 0 Å². The molecule has 3 rings (SSSR count). The summed E-state index contributed by atoms with van der Waals surface area (Å²) in [5, 5.41) is 4.00. The first-order chi connectivity index (χ1) is 9.81. The maximum Gasteiger partial charge on any atom is 0.225 e. The zero-order valence-corrected chi connectivity index (χ0v) is 11.6. The van der Waals surface area contributed by atoms with Crippen molar-refractivity contribution in [2.45, 2.75) is 38.5 Å². The van der Waals surface area contributed by atoms with Crippen LogP contribution in [0.25, 0.3) is 10.9 Å². The predicted molar refractivity (Wildman–Crippen MR) is 81.6 cm³/mol. The van der Waals surface area contributed by atoms with Gasteiger partial charge in [-0.1, -0.05) is 43.9 Å². The summed E-state index contributed by atoms with van der Waals surface area (Å²) in [4.78, 5) is 16.4. The second-order valence-electron chi connectivity index (χ2n) is 5.63. The molecule has 3 nitrogen and oxygen atoms in total. The highest BCUT2D eigenvalue weighted by molar-refractivity contribution is 5.91. The quantitative estimate of drug-likeness (QED) is 0.905. The highest BCUT2D eigenvalue weighted by Crippen LogP contribution is 2.28. The van der Waals surface area contributed by atoms with Crippen LogP contribution in [0.5, 0.6) is 0 Å². The van der Waals surface area contributed by atoms with Gasteiger partial charge < -0.3 is 5.32 Å². The van der Waals surface area contributed by atoms with Crippen molar-refractivity contribution in [1.82, 2.24) is 4.98 Å². The van der Waals surface area contributed by atoms with Crippen molar-refractivity contribution in [3.63, 3.8) is 0 Å². The third-order valence-corrected chi connectivity index (χ3v) is 4.12. The Bertz CT molecular complexity index is 603. The Morgan fingerprint density at radius 1 is 1.15 bits per heavy atom. The van der Waals surface area contributed by atoms with Crippen LogP contribution in [0.3, 0.4) is 0 Å². The van der Waals surface area contributed by atoms with Gasteiger partial charge in [0.1, 0.15) is 5.82 Å². The number of pyridine rings is 1. The fourth-order valence-corrected chi connectivity index (χ4v) is 2.98. The third-order valence-electron chi connectivity index (χ3n) is 4.12. The van der Waals surface area contributed by atoms with Crippen molar-refractivity contribution in [2.24, 2.45) is 5.92 Å². The van der Waals surface area contributed by atoms with Gasteiger partial charge >= 0.3 is 0 Å². The first kappa shape index (κ1) is 13.1. The summed E-state index contributed by atoms with van der Waals surface area (Å²) in [6.07, 6.45) is 6.87. The van der Waals surface area contributed by atoms with Crippen LogP contribution in [0.4, 0.5) is 5.82 Å². The molecule has 1 amide bonds. The zero-order chi connectivity index (χ0) is 13.8. The normalized spacial score (nSPS) is 15.6. The second kappa shape index (κ2) is 6.04. The maximum atomic E-state index is 12.0. The molecule has 0 bridgehead atoms. The molecule has 0 unspecified atom stereocenters. The van der Waals surface area contributed by atoms with Crippen LogP contribution in [-0.4, -0.2) is 10.9 Å². The van der Waals surface area contributed by atoms with Crippen LogP contribution in [0.1, 0.15) is 38.5 Å². The van der Waals surface area contributed by atoms with Crippen molar-refractivity contribution in [1.29, 1.82) is 0 Å². The second-order valence-corrected chi connectivity index (χ2v) is 5.63. The lowest BCUT2D eigenvalue weighted by Gasteiger charge is -2.09. The van der Waals surface area contributed by atoms with Crippen LogP contribution in [0.2, 0.25) is 0 Å². The molecule has 1 heterocycles. The number of rotatable bonds is 4. The predicted octanol–water partition coefficient (Wildman–Crippen LogP) is 4.14. The van der Waals surface area contributed by atoms with Crippen molar-refractivity contribution >= 4 is 22.6 Å². The van der Waals surface area contributed by atoms with E-state index in [1.54, 1.807) is 0 Å². The number of benzene rings is 1. The van der Waals surface area contributed by atoms with Gasteiger partial charge in [0.15, 0.2) is 0 Å². The summed E-state index contributed by atoms with van der Waals surface area (Å²) < 4.78 is 0. The molecule has 2 aromatic rings. The van der Waals surface area contributed by atoms with Gasteiger partial charge in [0.05, 0.1) is 5.52 Å². The first-order valence-electron chi connectivity index (χ1n) is 7.47. The number of carbonyl (C=O) groups excluding carboxylic acids is 1. The fraction of sp³-hybridized carbons (Fsp3) is 0.412. The Labute approximate surface area is 119 Å². The van der Waals surface area contributed by atoms with Crippen LogP contribution in [-0.2, 0) is 4.79 Å². The molecule has 1 aliphatic rings. The van der Waals surface area contributed by atoms with Gasteiger partial charge in [-0.3, -0.25) is 4.79 Å². The summed E-state index contributed by atoms with van der Waals surface area (Å²) in [5.74, 6) is 1.49. The van der Waals surface area contributed by atoms with Crippen molar-refractivity contribution in [3.05, 3.63) is 36.4 Å². The smallest absolute Gasteiger partial charge is 0.225 e. The molecule has 1 saturated carbocycles. The molecule has 1 aromatic heterocycles. The van der Waals surface area contributed by atoms with E-state index < -0.39 is 0 Å². The van der Waals surface area contributed by atoms with Gasteiger partial charge in [-0.05, 0) is 30.5 Å². The Balaban J connectivity index is 1.59. The lowest BCUT2D eigenvalue weighted by molar-refractivity contribution is -0.116. The summed E-state index contributed by atoms with van der Waals surface area (Å²) in [7, 11) is 0. The summed E-state index contributed by atoms with van der Waals surface area (Å²) in [6, 6.07) is 11.8. The molecule has 1 aliphatic carbocycles. The van der Waals surface area contributed by atoms with E-state index >= 15 is 0 Å². The lowest BCUT2D eigenvalue weighted by Crippen LogP contribution is -2.13. The Morgan fingerprint density at radius 2 is 1.95 bits per heavy atom. The van der Waals surface area contributed by atoms with Gasteiger partial charge in [-0.2, -0.15) is 0 Å². The highest BCUT2D eigenvalue weighted by Gasteiger charge is 2.16. The molecule has 0 aliphatic heterocycles. The number of para-hydroxylation sites is 1. The highest BCUT2D eigenvalue weighted by atomic mass is 16.1. The van der Waals surface area contributed by atoms with E-state index in [0.29, 0.717) is 12.2 Å². The molecular formula is C17H20N2O. The van der Waals surface area contributed by atoms with E-state index in [1.807, 2.05) is 36.4 Å². The maximum absolute atomic E-state index is 12.0. The van der Waals surface area contributed by atoms with E-state index in [0.717, 1.165) is 23.2 Å². The zero-order valence-electron chi connectivity index (χ0n) is 11.6. The Morgan fingerprint density at radius 3 is 2.80 bits per heavy atom. The molecule has 1 N–H and O–H groups in total. The molecule has 104 valence electrons. The number of anilines is 1.